The Kier molecular flexibility index (Phi) is 3.25. The minimum atomic E-state index is 0.626. The summed E-state index contributed by atoms with van der Waals surface area (Å²) in [4.78, 5) is 6.49. The maximum absolute atomic E-state index is 5.72. The van der Waals surface area contributed by atoms with E-state index in [0.717, 1.165) is 24.3 Å². The average molecular weight is 245 g/mol. The van der Waals surface area contributed by atoms with Gasteiger partial charge in [-0.2, -0.15) is 0 Å². The van der Waals surface area contributed by atoms with E-state index >= 15 is 0 Å². The van der Waals surface area contributed by atoms with Gasteiger partial charge >= 0.3 is 0 Å². The molecular weight excluding hydrogens is 222 g/mol. The number of anilines is 1. The second-order valence-electron chi connectivity index (χ2n) is 6.22. The lowest BCUT2D eigenvalue weighted by Crippen LogP contribution is -2.28. The minimum absolute atomic E-state index is 0.626. The van der Waals surface area contributed by atoms with Crippen LogP contribution in [0.4, 0.5) is 5.82 Å². The van der Waals surface area contributed by atoms with Crippen LogP contribution in [0.5, 0.6) is 0 Å². The molecule has 2 aliphatic carbocycles. The highest BCUT2D eigenvalue weighted by atomic mass is 15.1. The summed E-state index contributed by atoms with van der Waals surface area (Å²) in [5, 5.41) is 0. The van der Waals surface area contributed by atoms with E-state index < -0.39 is 0 Å². The van der Waals surface area contributed by atoms with Crippen molar-refractivity contribution in [1.82, 2.24) is 9.88 Å². The SMILES string of the molecule is CN(Cc1ccnc(N)c1)CC1CC2CCC1C2. The van der Waals surface area contributed by atoms with E-state index in [1.165, 1.54) is 37.8 Å². The molecule has 98 valence electrons. The number of hydrogen-bond acceptors (Lipinski definition) is 3. The Morgan fingerprint density at radius 1 is 1.39 bits per heavy atom. The first kappa shape index (κ1) is 12.0. The molecule has 2 fully saturated rings. The van der Waals surface area contributed by atoms with E-state index in [9.17, 15) is 0 Å². The van der Waals surface area contributed by atoms with Crippen molar-refractivity contribution in [3.63, 3.8) is 0 Å². The number of pyridine rings is 1. The molecule has 2 saturated carbocycles. The molecule has 18 heavy (non-hydrogen) atoms. The van der Waals surface area contributed by atoms with Crippen molar-refractivity contribution in [3.8, 4) is 0 Å². The Hall–Kier alpha value is -1.09. The first-order chi connectivity index (χ1) is 8.70. The molecule has 3 nitrogen and oxygen atoms in total. The quantitative estimate of drug-likeness (QED) is 0.886. The Morgan fingerprint density at radius 3 is 2.94 bits per heavy atom. The smallest absolute Gasteiger partial charge is 0.123 e. The van der Waals surface area contributed by atoms with Crippen molar-refractivity contribution < 1.29 is 0 Å². The molecular formula is C15H23N3. The maximum Gasteiger partial charge on any atom is 0.123 e. The van der Waals surface area contributed by atoms with Crippen LogP contribution in [0.3, 0.4) is 0 Å². The molecule has 0 amide bonds. The first-order valence-electron chi connectivity index (χ1n) is 7.09. The van der Waals surface area contributed by atoms with E-state index in [2.05, 4.69) is 23.0 Å². The Morgan fingerprint density at radius 2 is 2.28 bits per heavy atom. The van der Waals surface area contributed by atoms with Crippen LogP contribution in [-0.4, -0.2) is 23.5 Å². The highest BCUT2D eigenvalue weighted by Crippen LogP contribution is 2.48. The highest BCUT2D eigenvalue weighted by molar-refractivity contribution is 5.31. The minimum Gasteiger partial charge on any atom is -0.384 e. The molecule has 2 aliphatic rings. The molecule has 2 N–H and O–H groups in total. The van der Waals surface area contributed by atoms with Gasteiger partial charge in [0, 0.05) is 19.3 Å². The third-order valence-electron chi connectivity index (χ3n) is 4.73. The second-order valence-corrected chi connectivity index (χ2v) is 6.22. The van der Waals surface area contributed by atoms with Crippen molar-refractivity contribution in [3.05, 3.63) is 23.9 Å². The fourth-order valence-corrected chi connectivity index (χ4v) is 3.97. The molecule has 2 bridgehead atoms. The number of nitrogens with two attached hydrogens (primary N) is 1. The van der Waals surface area contributed by atoms with Gasteiger partial charge in [0.2, 0.25) is 0 Å². The Labute approximate surface area is 109 Å². The van der Waals surface area contributed by atoms with E-state index in [4.69, 9.17) is 5.73 Å². The van der Waals surface area contributed by atoms with Crippen LogP contribution < -0.4 is 5.73 Å². The summed E-state index contributed by atoms with van der Waals surface area (Å²) in [6.45, 7) is 2.23. The topological polar surface area (TPSA) is 42.2 Å². The molecule has 0 aromatic carbocycles. The summed E-state index contributed by atoms with van der Waals surface area (Å²) < 4.78 is 0. The van der Waals surface area contributed by atoms with Gasteiger partial charge in [0.05, 0.1) is 0 Å². The molecule has 3 unspecified atom stereocenters. The van der Waals surface area contributed by atoms with E-state index in [0.29, 0.717) is 5.82 Å². The molecule has 3 rings (SSSR count). The summed E-state index contributed by atoms with van der Waals surface area (Å²) in [5.74, 6) is 3.62. The van der Waals surface area contributed by atoms with Crippen molar-refractivity contribution >= 4 is 5.82 Å². The molecule has 1 aromatic rings. The van der Waals surface area contributed by atoms with Crippen molar-refractivity contribution in [1.29, 1.82) is 0 Å². The van der Waals surface area contributed by atoms with E-state index in [1.807, 2.05) is 6.07 Å². The first-order valence-corrected chi connectivity index (χ1v) is 7.09. The van der Waals surface area contributed by atoms with Crippen molar-refractivity contribution in [2.24, 2.45) is 17.8 Å². The molecule has 0 radical (unpaired) electrons. The monoisotopic (exact) mass is 245 g/mol. The predicted molar refractivity (Wildman–Crippen MR) is 73.9 cm³/mol. The van der Waals surface area contributed by atoms with Gasteiger partial charge in [0.25, 0.3) is 0 Å². The zero-order chi connectivity index (χ0) is 12.5. The van der Waals surface area contributed by atoms with Crippen LogP contribution in [0.15, 0.2) is 18.3 Å². The van der Waals surface area contributed by atoms with Crippen LogP contribution in [0, 0.1) is 17.8 Å². The highest BCUT2D eigenvalue weighted by Gasteiger charge is 2.39. The number of fused-ring (bicyclic) bond motifs is 2. The van der Waals surface area contributed by atoms with Gasteiger partial charge in [-0.05, 0) is 61.8 Å². The van der Waals surface area contributed by atoms with Gasteiger partial charge in [0.15, 0.2) is 0 Å². The van der Waals surface area contributed by atoms with Gasteiger partial charge in [-0.25, -0.2) is 4.98 Å². The summed E-state index contributed by atoms with van der Waals surface area (Å²) in [6.07, 6.45) is 7.74. The molecule has 0 spiro atoms. The van der Waals surface area contributed by atoms with E-state index in [-0.39, 0.29) is 0 Å². The summed E-state index contributed by atoms with van der Waals surface area (Å²) >= 11 is 0. The van der Waals surface area contributed by atoms with Crippen molar-refractivity contribution in [2.45, 2.75) is 32.2 Å². The second kappa shape index (κ2) is 4.88. The lowest BCUT2D eigenvalue weighted by Gasteiger charge is -2.27. The Balaban J connectivity index is 1.54. The van der Waals surface area contributed by atoms with Gasteiger partial charge in [-0.1, -0.05) is 6.42 Å². The lowest BCUT2D eigenvalue weighted by atomic mass is 9.88. The zero-order valence-corrected chi connectivity index (χ0v) is 11.2. The normalized spacial score (nSPS) is 30.2. The van der Waals surface area contributed by atoms with Crippen LogP contribution >= 0.6 is 0 Å². The molecule has 0 aliphatic heterocycles. The average Bonchev–Trinajstić information content (AvgIpc) is 2.90. The van der Waals surface area contributed by atoms with Crippen LogP contribution in [0.25, 0.3) is 0 Å². The molecule has 1 aromatic heterocycles. The predicted octanol–water partition coefficient (Wildman–Crippen LogP) is 2.53. The molecule has 3 atom stereocenters. The summed E-state index contributed by atoms with van der Waals surface area (Å²) in [7, 11) is 2.22. The standard InChI is InChI=1S/C15H23N3/c1-18(9-12-4-5-17-15(16)8-12)10-14-7-11-2-3-13(14)6-11/h4-5,8,11,13-14H,2-3,6-7,9-10H2,1H3,(H2,16,17). The van der Waals surface area contributed by atoms with Crippen LogP contribution in [-0.2, 0) is 6.54 Å². The number of rotatable bonds is 4. The molecule has 0 saturated heterocycles. The Bertz CT molecular complexity index is 418. The van der Waals surface area contributed by atoms with E-state index in [1.54, 1.807) is 6.20 Å². The maximum atomic E-state index is 5.72. The van der Waals surface area contributed by atoms with Crippen LogP contribution in [0.1, 0.15) is 31.2 Å². The van der Waals surface area contributed by atoms with Crippen LogP contribution in [0.2, 0.25) is 0 Å². The zero-order valence-electron chi connectivity index (χ0n) is 11.2. The summed E-state index contributed by atoms with van der Waals surface area (Å²) in [5.41, 5.74) is 6.99. The van der Waals surface area contributed by atoms with Gasteiger partial charge in [0.1, 0.15) is 5.82 Å². The third kappa shape index (κ3) is 2.51. The van der Waals surface area contributed by atoms with Gasteiger partial charge < -0.3 is 10.6 Å². The van der Waals surface area contributed by atoms with Gasteiger partial charge in [-0.15, -0.1) is 0 Å². The summed E-state index contributed by atoms with van der Waals surface area (Å²) in [6, 6.07) is 4.05. The number of aromatic nitrogens is 1. The molecule has 1 heterocycles. The number of nitrogen functional groups attached to an aromatic ring is 1. The third-order valence-corrected chi connectivity index (χ3v) is 4.73. The molecule has 3 heteroatoms. The number of hydrogen-bond donors (Lipinski definition) is 1. The van der Waals surface area contributed by atoms with Gasteiger partial charge in [-0.3, -0.25) is 0 Å². The largest absolute Gasteiger partial charge is 0.384 e. The lowest BCUT2D eigenvalue weighted by molar-refractivity contribution is 0.214. The fourth-order valence-electron chi connectivity index (χ4n) is 3.97. The van der Waals surface area contributed by atoms with Crippen molar-refractivity contribution in [2.75, 3.05) is 19.3 Å². The fraction of sp³-hybridized carbons (Fsp3) is 0.667. The number of nitrogens with zero attached hydrogens (tertiary/aromatic N) is 2.